The zero-order valence-corrected chi connectivity index (χ0v) is 18.1. The summed E-state index contributed by atoms with van der Waals surface area (Å²) >= 11 is 0. The van der Waals surface area contributed by atoms with E-state index in [0.29, 0.717) is 39.3 Å². The van der Waals surface area contributed by atoms with E-state index in [4.69, 9.17) is 18.9 Å². The van der Waals surface area contributed by atoms with Crippen LogP contribution in [0.4, 0.5) is 0 Å². The van der Waals surface area contributed by atoms with Gasteiger partial charge in [-0.1, -0.05) is 6.92 Å². The lowest BCUT2D eigenvalue weighted by molar-refractivity contribution is -0.161. The summed E-state index contributed by atoms with van der Waals surface area (Å²) in [4.78, 5) is 44.5. The highest BCUT2D eigenvalue weighted by molar-refractivity contribution is 5.83. The second-order valence-electron chi connectivity index (χ2n) is 6.08. The van der Waals surface area contributed by atoms with Gasteiger partial charge < -0.3 is 18.9 Å². The summed E-state index contributed by atoms with van der Waals surface area (Å²) < 4.78 is 19.1. The van der Waals surface area contributed by atoms with Crippen molar-refractivity contribution in [3.8, 4) is 0 Å². The van der Waals surface area contributed by atoms with E-state index in [1.165, 1.54) is 0 Å². The van der Waals surface area contributed by atoms with Gasteiger partial charge in [0.25, 0.3) is 0 Å². The summed E-state index contributed by atoms with van der Waals surface area (Å²) in [6.45, 7) is 12.0. The molecule has 0 aliphatic heterocycles. The van der Waals surface area contributed by atoms with E-state index in [1.807, 2.05) is 6.92 Å². The molecule has 1 atom stereocenters. The number of rotatable bonds is 12. The van der Waals surface area contributed by atoms with Crippen molar-refractivity contribution in [2.24, 2.45) is 5.41 Å². The molecule has 1 unspecified atom stereocenters. The van der Waals surface area contributed by atoms with E-state index in [9.17, 15) is 19.2 Å². The molecule has 0 aromatic heterocycles. The predicted octanol–water partition coefficient (Wildman–Crippen LogP) is 3.20. The van der Waals surface area contributed by atoms with Crippen LogP contribution in [0.3, 0.4) is 0 Å². The molecule has 0 aromatic rings. The Balaban J connectivity index is 0. The van der Waals surface area contributed by atoms with E-state index >= 15 is 0 Å². The van der Waals surface area contributed by atoms with Crippen molar-refractivity contribution >= 4 is 23.9 Å². The molecule has 0 spiro atoms. The minimum Gasteiger partial charge on any atom is -0.466 e. The molecule has 0 aliphatic carbocycles. The first kappa shape index (κ1) is 28.1. The highest BCUT2D eigenvalue weighted by Crippen LogP contribution is 2.28. The molecule has 0 rings (SSSR count). The number of ether oxygens (including phenoxy) is 4. The second-order valence-corrected chi connectivity index (χ2v) is 6.08. The third-order valence-electron chi connectivity index (χ3n) is 3.76. The van der Waals surface area contributed by atoms with Crippen LogP contribution in [0.15, 0.2) is 0 Å². The van der Waals surface area contributed by atoms with Crippen molar-refractivity contribution in [3.05, 3.63) is 0 Å². The third kappa shape index (κ3) is 14.0. The minimum absolute atomic E-state index is 0.0795. The maximum absolute atomic E-state index is 11.6. The third-order valence-corrected chi connectivity index (χ3v) is 3.76. The predicted molar refractivity (Wildman–Crippen MR) is 103 cm³/mol. The van der Waals surface area contributed by atoms with Gasteiger partial charge in [0.15, 0.2) is 0 Å². The first-order chi connectivity index (χ1) is 13.2. The molecule has 0 saturated heterocycles. The van der Waals surface area contributed by atoms with E-state index < -0.39 is 5.41 Å². The van der Waals surface area contributed by atoms with E-state index in [0.717, 1.165) is 0 Å². The standard InChI is InChI=1S/C11H20O4.C9H16O4/c1-5-11(4,10(13)15-7-3)8-9(12)14-6-2;1-3-12-8(10)6-5-7-9(11)13-4-2/h5-8H2,1-4H3;3-7H2,1-2H3. The van der Waals surface area contributed by atoms with Crippen molar-refractivity contribution in [2.75, 3.05) is 26.4 Å². The maximum Gasteiger partial charge on any atom is 0.312 e. The largest absolute Gasteiger partial charge is 0.466 e. The number of carbonyl (C=O) groups is 4. The zero-order chi connectivity index (χ0) is 22.0. The van der Waals surface area contributed by atoms with Gasteiger partial charge in [-0.15, -0.1) is 0 Å². The smallest absolute Gasteiger partial charge is 0.312 e. The Kier molecular flexibility index (Phi) is 17.1. The zero-order valence-electron chi connectivity index (χ0n) is 18.1. The number of hydrogen-bond acceptors (Lipinski definition) is 8. The van der Waals surface area contributed by atoms with Gasteiger partial charge in [0, 0.05) is 12.8 Å². The number of carbonyl (C=O) groups excluding carboxylic acids is 4. The molecule has 0 fully saturated rings. The molecule has 8 heteroatoms. The average Bonchev–Trinajstić information content (AvgIpc) is 2.63. The Morgan fingerprint density at radius 1 is 0.643 bits per heavy atom. The lowest BCUT2D eigenvalue weighted by Gasteiger charge is -2.24. The molecule has 0 heterocycles. The molecule has 164 valence electrons. The average molecular weight is 405 g/mol. The van der Waals surface area contributed by atoms with E-state index in [1.54, 1.807) is 34.6 Å². The molecule has 0 N–H and O–H groups in total. The van der Waals surface area contributed by atoms with Crippen LogP contribution in [-0.4, -0.2) is 50.3 Å². The van der Waals surface area contributed by atoms with Gasteiger partial charge in [0.05, 0.1) is 38.3 Å². The van der Waals surface area contributed by atoms with Crippen molar-refractivity contribution in [1.82, 2.24) is 0 Å². The molecule has 0 saturated carbocycles. The van der Waals surface area contributed by atoms with Crippen LogP contribution in [-0.2, 0) is 38.1 Å². The summed E-state index contributed by atoms with van der Waals surface area (Å²) in [6, 6.07) is 0. The van der Waals surface area contributed by atoms with Gasteiger partial charge in [-0.25, -0.2) is 0 Å². The Morgan fingerprint density at radius 2 is 1.04 bits per heavy atom. The van der Waals surface area contributed by atoms with Crippen LogP contribution in [0.2, 0.25) is 0 Å². The SMILES string of the molecule is CCOC(=O)CC(C)(CC)C(=O)OCC.CCOC(=O)CCCC(=O)OCC. The van der Waals surface area contributed by atoms with Crippen LogP contribution in [0.5, 0.6) is 0 Å². The molecule has 0 radical (unpaired) electrons. The molecular weight excluding hydrogens is 368 g/mol. The summed E-state index contributed by atoms with van der Waals surface area (Å²) in [5.41, 5.74) is -0.762. The topological polar surface area (TPSA) is 105 Å². The van der Waals surface area contributed by atoms with Crippen LogP contribution in [0.25, 0.3) is 0 Å². The normalized spacial score (nSPS) is 11.9. The quantitative estimate of drug-likeness (QED) is 0.361. The molecule has 28 heavy (non-hydrogen) atoms. The highest BCUT2D eigenvalue weighted by Gasteiger charge is 2.35. The van der Waals surface area contributed by atoms with Gasteiger partial charge in [-0.05, 0) is 47.5 Å². The van der Waals surface area contributed by atoms with Crippen molar-refractivity contribution in [2.45, 2.75) is 73.6 Å². The van der Waals surface area contributed by atoms with Gasteiger partial charge in [-0.3, -0.25) is 19.2 Å². The molecule has 0 aliphatic rings. The minimum atomic E-state index is -0.762. The van der Waals surface area contributed by atoms with Crippen LogP contribution >= 0.6 is 0 Å². The van der Waals surface area contributed by atoms with Gasteiger partial charge >= 0.3 is 23.9 Å². The van der Waals surface area contributed by atoms with Gasteiger partial charge in [-0.2, -0.15) is 0 Å². The Hall–Kier alpha value is -2.12. The van der Waals surface area contributed by atoms with Gasteiger partial charge in [0.2, 0.25) is 0 Å². The first-order valence-electron chi connectivity index (χ1n) is 9.84. The summed E-state index contributed by atoms with van der Waals surface area (Å²) in [7, 11) is 0. The summed E-state index contributed by atoms with van der Waals surface area (Å²) in [5.74, 6) is -1.20. The van der Waals surface area contributed by atoms with Gasteiger partial charge in [0.1, 0.15) is 0 Å². The van der Waals surface area contributed by atoms with Crippen molar-refractivity contribution in [3.63, 3.8) is 0 Å². The first-order valence-corrected chi connectivity index (χ1v) is 9.84. The molecular formula is C20H36O8. The number of esters is 4. The Labute approximate surface area is 168 Å². The molecule has 8 nitrogen and oxygen atoms in total. The van der Waals surface area contributed by atoms with E-state index in [2.05, 4.69) is 0 Å². The highest BCUT2D eigenvalue weighted by atomic mass is 16.5. The summed E-state index contributed by atoms with van der Waals surface area (Å²) in [6.07, 6.45) is 1.71. The monoisotopic (exact) mass is 404 g/mol. The fourth-order valence-electron chi connectivity index (χ4n) is 2.02. The molecule has 0 bridgehead atoms. The molecule has 0 aromatic carbocycles. The molecule has 0 amide bonds. The van der Waals surface area contributed by atoms with Crippen LogP contribution in [0.1, 0.15) is 73.6 Å². The van der Waals surface area contributed by atoms with Crippen LogP contribution in [0, 0.1) is 5.41 Å². The van der Waals surface area contributed by atoms with Crippen molar-refractivity contribution in [1.29, 1.82) is 0 Å². The van der Waals surface area contributed by atoms with E-state index in [-0.39, 0.29) is 43.1 Å². The maximum atomic E-state index is 11.6. The van der Waals surface area contributed by atoms with Crippen molar-refractivity contribution < 1.29 is 38.1 Å². The summed E-state index contributed by atoms with van der Waals surface area (Å²) in [5, 5.41) is 0. The van der Waals surface area contributed by atoms with Crippen LogP contribution < -0.4 is 0 Å². The number of hydrogen-bond donors (Lipinski definition) is 0. The fourth-order valence-corrected chi connectivity index (χ4v) is 2.02. The Morgan fingerprint density at radius 3 is 1.39 bits per heavy atom. The fraction of sp³-hybridized carbons (Fsp3) is 0.800. The Bertz CT molecular complexity index is 457. The second kappa shape index (κ2) is 17.0. The lowest BCUT2D eigenvalue weighted by atomic mass is 9.84. The lowest BCUT2D eigenvalue weighted by Crippen LogP contribution is -2.32.